The summed E-state index contributed by atoms with van der Waals surface area (Å²) >= 11 is 1.83. The van der Waals surface area contributed by atoms with E-state index in [1.54, 1.807) is 0 Å². The van der Waals surface area contributed by atoms with Crippen molar-refractivity contribution >= 4 is 64.1 Å². The van der Waals surface area contributed by atoms with Crippen molar-refractivity contribution in [3.63, 3.8) is 0 Å². The molecule has 0 aliphatic heterocycles. The van der Waals surface area contributed by atoms with Crippen molar-refractivity contribution in [2.45, 2.75) is 0 Å². The Labute approximate surface area is 281 Å². The SMILES string of the molecule is c1ccc(-c2cc(-c3ccccc3)nc(-c3cccc4c3sc3cc(-n5c6ccccc6c6ccccc65)c5ccccc5c34)n2)cc1. The zero-order valence-electron chi connectivity index (χ0n) is 25.8. The third kappa shape index (κ3) is 4.13. The first-order valence-electron chi connectivity index (χ1n) is 16.2. The van der Waals surface area contributed by atoms with Crippen LogP contribution in [0.2, 0.25) is 0 Å². The molecule has 0 radical (unpaired) electrons. The van der Waals surface area contributed by atoms with E-state index >= 15 is 0 Å². The third-order valence-corrected chi connectivity index (χ3v) is 10.6. The molecule has 48 heavy (non-hydrogen) atoms. The minimum absolute atomic E-state index is 0.735. The molecule has 7 aromatic carbocycles. The lowest BCUT2D eigenvalue weighted by Crippen LogP contribution is -1.96. The molecular formula is C44H27N3S. The molecule has 0 saturated carbocycles. The van der Waals surface area contributed by atoms with Crippen LogP contribution < -0.4 is 0 Å². The number of para-hydroxylation sites is 2. The Balaban J connectivity index is 1.27. The molecule has 10 aromatic rings. The lowest BCUT2D eigenvalue weighted by atomic mass is 10.0. The van der Waals surface area contributed by atoms with Crippen molar-refractivity contribution in [1.29, 1.82) is 0 Å². The molecule has 0 N–H and O–H groups in total. The van der Waals surface area contributed by atoms with Gasteiger partial charge in [-0.25, -0.2) is 9.97 Å². The highest BCUT2D eigenvalue weighted by Crippen LogP contribution is 2.45. The summed E-state index contributed by atoms with van der Waals surface area (Å²) in [4.78, 5) is 10.4. The van der Waals surface area contributed by atoms with Gasteiger partial charge < -0.3 is 4.57 Å². The first-order chi connectivity index (χ1) is 23.8. The highest BCUT2D eigenvalue weighted by molar-refractivity contribution is 7.26. The Kier molecular flexibility index (Phi) is 6.05. The van der Waals surface area contributed by atoms with Gasteiger partial charge in [0.15, 0.2) is 5.82 Å². The van der Waals surface area contributed by atoms with Crippen molar-refractivity contribution < 1.29 is 0 Å². The Morgan fingerprint density at radius 1 is 0.438 bits per heavy atom. The van der Waals surface area contributed by atoms with Gasteiger partial charge in [0.25, 0.3) is 0 Å². The smallest absolute Gasteiger partial charge is 0.161 e. The predicted molar refractivity (Wildman–Crippen MR) is 203 cm³/mol. The van der Waals surface area contributed by atoms with Gasteiger partial charge in [-0.3, -0.25) is 0 Å². The molecule has 3 heterocycles. The molecule has 4 heteroatoms. The molecule has 10 rings (SSSR count). The quantitative estimate of drug-likeness (QED) is 0.194. The molecule has 0 spiro atoms. The van der Waals surface area contributed by atoms with Gasteiger partial charge in [-0.15, -0.1) is 11.3 Å². The van der Waals surface area contributed by atoms with Crippen LogP contribution in [0.15, 0.2) is 164 Å². The number of fused-ring (bicyclic) bond motifs is 8. The van der Waals surface area contributed by atoms with E-state index in [4.69, 9.17) is 9.97 Å². The summed E-state index contributed by atoms with van der Waals surface area (Å²) in [6.07, 6.45) is 0. The van der Waals surface area contributed by atoms with Crippen LogP contribution in [0.5, 0.6) is 0 Å². The standard InChI is InChI=1S/C44H27N3S/c1-3-14-28(15-4-1)36-26-37(29-16-5-2-6-17-29)46-44(45-36)35-23-13-22-34-42-33-21-8-7-20-32(33)40(27-41(42)48-43(34)35)47-38-24-11-9-18-30(38)31-19-10-12-25-39(31)47/h1-27H. The van der Waals surface area contributed by atoms with Gasteiger partial charge >= 0.3 is 0 Å². The molecule has 3 nitrogen and oxygen atoms in total. The van der Waals surface area contributed by atoms with Crippen molar-refractivity contribution in [1.82, 2.24) is 14.5 Å². The summed E-state index contributed by atoms with van der Waals surface area (Å²) in [5.74, 6) is 0.735. The molecule has 0 unspecified atom stereocenters. The summed E-state index contributed by atoms with van der Waals surface area (Å²) < 4.78 is 4.88. The van der Waals surface area contributed by atoms with Crippen LogP contribution >= 0.6 is 11.3 Å². The second-order valence-electron chi connectivity index (χ2n) is 12.2. The summed E-state index contributed by atoms with van der Waals surface area (Å²) in [7, 11) is 0. The number of thiophene rings is 1. The molecule has 0 saturated heterocycles. The van der Waals surface area contributed by atoms with Crippen molar-refractivity contribution in [3.8, 4) is 39.6 Å². The maximum atomic E-state index is 5.20. The maximum Gasteiger partial charge on any atom is 0.161 e. The lowest BCUT2D eigenvalue weighted by Gasteiger charge is -2.13. The van der Waals surface area contributed by atoms with E-state index in [1.807, 2.05) is 23.5 Å². The number of rotatable bonds is 4. The molecule has 0 fully saturated rings. The summed E-state index contributed by atoms with van der Waals surface area (Å²) in [5, 5.41) is 7.52. The molecule has 0 atom stereocenters. The summed E-state index contributed by atoms with van der Waals surface area (Å²) in [6.45, 7) is 0. The van der Waals surface area contributed by atoms with Gasteiger partial charge in [0.2, 0.25) is 0 Å². The van der Waals surface area contributed by atoms with Gasteiger partial charge in [-0.2, -0.15) is 0 Å². The van der Waals surface area contributed by atoms with Crippen molar-refractivity contribution in [3.05, 3.63) is 164 Å². The van der Waals surface area contributed by atoms with Gasteiger partial charge in [0.1, 0.15) is 0 Å². The van der Waals surface area contributed by atoms with E-state index < -0.39 is 0 Å². The fourth-order valence-corrected chi connectivity index (χ4v) is 8.53. The molecule has 0 aliphatic rings. The Hall–Kier alpha value is -6.10. The van der Waals surface area contributed by atoms with Crippen LogP contribution in [-0.2, 0) is 0 Å². The summed E-state index contributed by atoms with van der Waals surface area (Å²) in [6, 6.07) is 58.2. The highest BCUT2D eigenvalue weighted by atomic mass is 32.1. The average molecular weight is 630 g/mol. The van der Waals surface area contributed by atoms with E-state index in [0.717, 1.165) is 33.9 Å². The first-order valence-corrected chi connectivity index (χ1v) is 17.0. The molecule has 3 aromatic heterocycles. The van der Waals surface area contributed by atoms with Gasteiger partial charge in [-0.05, 0) is 35.7 Å². The van der Waals surface area contributed by atoms with Gasteiger partial charge in [-0.1, -0.05) is 133 Å². The van der Waals surface area contributed by atoms with Crippen LogP contribution in [0.25, 0.3) is 92.3 Å². The Bertz CT molecular complexity index is 2720. The minimum Gasteiger partial charge on any atom is -0.309 e. The zero-order chi connectivity index (χ0) is 31.6. The van der Waals surface area contributed by atoms with Crippen LogP contribution in [0.3, 0.4) is 0 Å². The van der Waals surface area contributed by atoms with Crippen LogP contribution in [0.1, 0.15) is 0 Å². The van der Waals surface area contributed by atoms with Crippen LogP contribution in [0, 0.1) is 0 Å². The number of nitrogens with zero attached hydrogens (tertiary/aromatic N) is 3. The second-order valence-corrected chi connectivity index (χ2v) is 13.2. The molecule has 0 aliphatic carbocycles. The fraction of sp³-hybridized carbons (Fsp3) is 0. The molecular weight excluding hydrogens is 603 g/mol. The Morgan fingerprint density at radius 3 is 1.58 bits per heavy atom. The van der Waals surface area contributed by atoms with E-state index in [9.17, 15) is 0 Å². The summed E-state index contributed by atoms with van der Waals surface area (Å²) in [5.41, 5.74) is 8.64. The van der Waals surface area contributed by atoms with Crippen LogP contribution in [0.4, 0.5) is 0 Å². The normalized spacial score (nSPS) is 11.8. The van der Waals surface area contributed by atoms with Crippen molar-refractivity contribution in [2.24, 2.45) is 0 Å². The van der Waals surface area contributed by atoms with E-state index in [0.29, 0.717) is 0 Å². The Morgan fingerprint density at radius 2 is 0.958 bits per heavy atom. The van der Waals surface area contributed by atoms with E-state index in [2.05, 4.69) is 156 Å². The highest BCUT2D eigenvalue weighted by Gasteiger charge is 2.20. The first kappa shape index (κ1) is 27.1. The number of hydrogen-bond donors (Lipinski definition) is 0. The molecule has 0 bridgehead atoms. The monoisotopic (exact) mass is 629 g/mol. The third-order valence-electron chi connectivity index (χ3n) is 9.41. The van der Waals surface area contributed by atoms with Crippen LogP contribution in [-0.4, -0.2) is 14.5 Å². The largest absolute Gasteiger partial charge is 0.309 e. The lowest BCUT2D eigenvalue weighted by molar-refractivity contribution is 1.19. The maximum absolute atomic E-state index is 5.20. The van der Waals surface area contributed by atoms with Gasteiger partial charge in [0, 0.05) is 53.0 Å². The fourth-order valence-electron chi connectivity index (χ4n) is 7.27. The van der Waals surface area contributed by atoms with E-state index in [1.165, 1.54) is 58.4 Å². The van der Waals surface area contributed by atoms with Gasteiger partial charge in [0.05, 0.1) is 28.1 Å². The zero-order valence-corrected chi connectivity index (χ0v) is 26.7. The number of aromatic nitrogens is 3. The minimum atomic E-state index is 0.735. The predicted octanol–water partition coefficient (Wildman–Crippen LogP) is 12.1. The van der Waals surface area contributed by atoms with Crippen molar-refractivity contribution in [2.75, 3.05) is 0 Å². The van der Waals surface area contributed by atoms with E-state index in [-0.39, 0.29) is 0 Å². The average Bonchev–Trinajstić information content (AvgIpc) is 3.71. The molecule has 224 valence electrons. The topological polar surface area (TPSA) is 30.7 Å². The molecule has 0 amide bonds. The second kappa shape index (κ2) is 10.7. The number of benzene rings is 7. The number of hydrogen-bond acceptors (Lipinski definition) is 3.